The molecule has 132 valence electrons. The third kappa shape index (κ3) is 5.85. The average molecular weight is 356 g/mol. The molecule has 3 N–H and O–H groups in total. The average Bonchev–Trinajstić information content (AvgIpc) is 2.50. The van der Waals surface area contributed by atoms with Gasteiger partial charge in [0.2, 0.25) is 5.91 Å². The molecule has 2 saturated heterocycles. The second kappa shape index (κ2) is 10.7. The second-order valence-electron chi connectivity index (χ2n) is 6.38. The summed E-state index contributed by atoms with van der Waals surface area (Å²) in [6.45, 7) is 8.03. The molecule has 0 aromatic heterocycles. The van der Waals surface area contributed by atoms with Gasteiger partial charge in [0.1, 0.15) is 0 Å². The van der Waals surface area contributed by atoms with Crippen LogP contribution in [0, 0.1) is 11.3 Å². The van der Waals surface area contributed by atoms with E-state index in [2.05, 4.69) is 17.1 Å². The van der Waals surface area contributed by atoms with Crippen molar-refractivity contribution < 1.29 is 9.53 Å². The molecule has 2 fully saturated rings. The Labute approximate surface area is 146 Å². The van der Waals surface area contributed by atoms with Crippen molar-refractivity contribution in [3.8, 4) is 0 Å². The quantitative estimate of drug-likeness (QED) is 0.782. The van der Waals surface area contributed by atoms with Crippen LogP contribution in [0.4, 0.5) is 0 Å². The Kier molecular flexibility index (Phi) is 10.6. The van der Waals surface area contributed by atoms with Gasteiger partial charge in [-0.1, -0.05) is 6.92 Å². The van der Waals surface area contributed by atoms with Crippen molar-refractivity contribution in [2.75, 3.05) is 45.9 Å². The predicted molar refractivity (Wildman–Crippen MR) is 93.9 cm³/mol. The highest BCUT2D eigenvalue weighted by molar-refractivity contribution is 5.85. The van der Waals surface area contributed by atoms with E-state index in [0.29, 0.717) is 19.8 Å². The van der Waals surface area contributed by atoms with Gasteiger partial charge in [-0.05, 0) is 44.7 Å². The van der Waals surface area contributed by atoms with Crippen LogP contribution in [0.3, 0.4) is 0 Å². The molecule has 5 nitrogen and oxygen atoms in total. The highest BCUT2D eigenvalue weighted by Crippen LogP contribution is 2.29. The Bertz CT molecular complexity index is 318. The standard InChI is InChI=1S/C15H29N3O2.2ClH/c1-13-2-7-18(8-3-13)9-6-17-14(19)15(12-16)4-10-20-11-5-15;;/h13H,2-12,16H2,1H3,(H,17,19);2*1H. The lowest BCUT2D eigenvalue weighted by atomic mass is 9.79. The zero-order valence-corrected chi connectivity index (χ0v) is 15.1. The van der Waals surface area contributed by atoms with Crippen LogP contribution in [0.2, 0.25) is 0 Å². The molecule has 0 radical (unpaired) electrons. The number of carbonyl (C=O) groups is 1. The molecule has 0 bridgehead atoms. The smallest absolute Gasteiger partial charge is 0.227 e. The summed E-state index contributed by atoms with van der Waals surface area (Å²) in [6.07, 6.45) is 4.04. The normalized spacial score (nSPS) is 22.3. The number of hydrogen-bond donors (Lipinski definition) is 2. The van der Waals surface area contributed by atoms with E-state index in [1.54, 1.807) is 0 Å². The molecule has 22 heavy (non-hydrogen) atoms. The van der Waals surface area contributed by atoms with Gasteiger partial charge in [-0.2, -0.15) is 0 Å². The first-order valence-electron chi connectivity index (χ1n) is 7.95. The summed E-state index contributed by atoms with van der Waals surface area (Å²) in [6, 6.07) is 0. The molecule has 0 atom stereocenters. The zero-order valence-electron chi connectivity index (χ0n) is 13.5. The van der Waals surface area contributed by atoms with Gasteiger partial charge in [0.25, 0.3) is 0 Å². The molecule has 0 saturated carbocycles. The number of piperidine rings is 1. The lowest BCUT2D eigenvalue weighted by Gasteiger charge is -2.35. The summed E-state index contributed by atoms with van der Waals surface area (Å²) in [5, 5.41) is 3.09. The van der Waals surface area contributed by atoms with E-state index in [0.717, 1.165) is 44.9 Å². The summed E-state index contributed by atoms with van der Waals surface area (Å²) in [5.41, 5.74) is 5.45. The molecule has 0 unspecified atom stereocenters. The van der Waals surface area contributed by atoms with Crippen molar-refractivity contribution >= 4 is 30.7 Å². The molecule has 2 aliphatic heterocycles. The van der Waals surface area contributed by atoms with Gasteiger partial charge in [-0.3, -0.25) is 4.79 Å². The topological polar surface area (TPSA) is 67.6 Å². The first-order valence-corrected chi connectivity index (χ1v) is 7.95. The van der Waals surface area contributed by atoms with Crippen LogP contribution in [-0.2, 0) is 9.53 Å². The van der Waals surface area contributed by atoms with Crippen LogP contribution in [0.15, 0.2) is 0 Å². The van der Waals surface area contributed by atoms with Gasteiger partial charge in [0.05, 0.1) is 5.41 Å². The van der Waals surface area contributed by atoms with E-state index in [1.165, 1.54) is 12.8 Å². The maximum atomic E-state index is 12.4. The third-order valence-electron chi connectivity index (χ3n) is 4.91. The van der Waals surface area contributed by atoms with E-state index in [4.69, 9.17) is 10.5 Å². The Hall–Kier alpha value is -0.0700. The van der Waals surface area contributed by atoms with Crippen molar-refractivity contribution in [1.82, 2.24) is 10.2 Å². The van der Waals surface area contributed by atoms with Crippen LogP contribution < -0.4 is 11.1 Å². The number of carbonyl (C=O) groups excluding carboxylic acids is 1. The lowest BCUT2D eigenvalue weighted by molar-refractivity contribution is -0.135. The highest BCUT2D eigenvalue weighted by Gasteiger charge is 2.38. The first kappa shape index (κ1) is 21.9. The minimum Gasteiger partial charge on any atom is -0.381 e. The van der Waals surface area contributed by atoms with Crippen molar-refractivity contribution in [3.63, 3.8) is 0 Å². The van der Waals surface area contributed by atoms with E-state index >= 15 is 0 Å². The summed E-state index contributed by atoms with van der Waals surface area (Å²) in [4.78, 5) is 14.8. The molecule has 1 amide bonds. The largest absolute Gasteiger partial charge is 0.381 e. The van der Waals surface area contributed by atoms with Crippen LogP contribution in [0.1, 0.15) is 32.6 Å². The number of likely N-dealkylation sites (tertiary alicyclic amines) is 1. The Morgan fingerprint density at radius 1 is 1.27 bits per heavy atom. The SMILES string of the molecule is CC1CCN(CCNC(=O)C2(CN)CCOCC2)CC1.Cl.Cl. The molecule has 2 heterocycles. The molecule has 0 aliphatic carbocycles. The summed E-state index contributed by atoms with van der Waals surface area (Å²) in [5.74, 6) is 0.970. The fourth-order valence-corrected chi connectivity index (χ4v) is 3.09. The maximum absolute atomic E-state index is 12.4. The van der Waals surface area contributed by atoms with Crippen LogP contribution in [-0.4, -0.2) is 56.7 Å². The van der Waals surface area contributed by atoms with Crippen molar-refractivity contribution in [2.45, 2.75) is 32.6 Å². The molecule has 0 aromatic rings. The van der Waals surface area contributed by atoms with E-state index in [-0.39, 0.29) is 30.7 Å². The van der Waals surface area contributed by atoms with Gasteiger partial charge in [0, 0.05) is 32.8 Å². The summed E-state index contributed by atoms with van der Waals surface area (Å²) < 4.78 is 5.34. The number of rotatable bonds is 5. The van der Waals surface area contributed by atoms with Crippen molar-refractivity contribution in [1.29, 1.82) is 0 Å². The molecule has 7 heteroatoms. The van der Waals surface area contributed by atoms with Crippen LogP contribution in [0.25, 0.3) is 0 Å². The third-order valence-corrected chi connectivity index (χ3v) is 4.91. The Morgan fingerprint density at radius 3 is 2.41 bits per heavy atom. The van der Waals surface area contributed by atoms with Gasteiger partial charge in [0.15, 0.2) is 0 Å². The number of nitrogens with one attached hydrogen (secondary N) is 1. The van der Waals surface area contributed by atoms with E-state index in [9.17, 15) is 4.79 Å². The van der Waals surface area contributed by atoms with E-state index in [1.807, 2.05) is 0 Å². The number of halogens is 2. The molecule has 2 rings (SSSR count). The minimum absolute atomic E-state index is 0. The number of ether oxygens (including phenoxy) is 1. The predicted octanol–water partition coefficient (Wildman–Crippen LogP) is 1.43. The lowest BCUT2D eigenvalue weighted by Crippen LogP contribution is -2.50. The molecular formula is C15H31Cl2N3O2. The molecule has 0 spiro atoms. The molecular weight excluding hydrogens is 325 g/mol. The first-order chi connectivity index (χ1) is 9.66. The van der Waals surface area contributed by atoms with Gasteiger partial charge >= 0.3 is 0 Å². The number of nitrogens with zero attached hydrogens (tertiary/aromatic N) is 1. The second-order valence-corrected chi connectivity index (χ2v) is 6.38. The molecule has 2 aliphatic rings. The van der Waals surface area contributed by atoms with E-state index < -0.39 is 5.41 Å². The van der Waals surface area contributed by atoms with Gasteiger partial charge < -0.3 is 20.7 Å². The summed E-state index contributed by atoms with van der Waals surface area (Å²) >= 11 is 0. The van der Waals surface area contributed by atoms with Gasteiger partial charge in [-0.15, -0.1) is 24.8 Å². The molecule has 0 aromatic carbocycles. The Morgan fingerprint density at radius 2 is 1.86 bits per heavy atom. The number of hydrogen-bond acceptors (Lipinski definition) is 4. The van der Waals surface area contributed by atoms with Gasteiger partial charge in [-0.25, -0.2) is 0 Å². The van der Waals surface area contributed by atoms with Crippen LogP contribution in [0.5, 0.6) is 0 Å². The van der Waals surface area contributed by atoms with Crippen LogP contribution >= 0.6 is 24.8 Å². The fourth-order valence-electron chi connectivity index (χ4n) is 3.09. The highest BCUT2D eigenvalue weighted by atomic mass is 35.5. The summed E-state index contributed by atoms with van der Waals surface area (Å²) in [7, 11) is 0. The minimum atomic E-state index is -0.394. The number of amides is 1. The maximum Gasteiger partial charge on any atom is 0.227 e. The Balaban J connectivity index is 0.00000220. The fraction of sp³-hybridized carbons (Fsp3) is 0.933. The van der Waals surface area contributed by atoms with Crippen molar-refractivity contribution in [3.05, 3.63) is 0 Å². The zero-order chi connectivity index (χ0) is 14.4. The monoisotopic (exact) mass is 355 g/mol. The van der Waals surface area contributed by atoms with Crippen molar-refractivity contribution in [2.24, 2.45) is 17.1 Å². The number of nitrogens with two attached hydrogens (primary N) is 1.